The molecule has 1 heterocycles. The molecule has 21 heavy (non-hydrogen) atoms. The van der Waals surface area contributed by atoms with Crippen LogP contribution in [-0.2, 0) is 9.53 Å². The molecule has 1 saturated heterocycles. The van der Waals surface area contributed by atoms with Crippen molar-refractivity contribution >= 4 is 5.91 Å². The molecule has 5 heteroatoms. The van der Waals surface area contributed by atoms with Crippen LogP contribution in [0.5, 0.6) is 0 Å². The quantitative estimate of drug-likeness (QED) is 0.763. The fourth-order valence-corrected chi connectivity index (χ4v) is 4.10. The van der Waals surface area contributed by atoms with Gasteiger partial charge in [-0.15, -0.1) is 0 Å². The Hall–Kier alpha value is -0.650. The molecule has 5 nitrogen and oxygen atoms in total. The van der Waals surface area contributed by atoms with Gasteiger partial charge in [0.2, 0.25) is 5.91 Å². The second-order valence-electron chi connectivity index (χ2n) is 6.95. The van der Waals surface area contributed by atoms with Crippen LogP contribution in [0.3, 0.4) is 0 Å². The largest absolute Gasteiger partial charge is 0.379 e. The number of rotatable bonds is 6. The van der Waals surface area contributed by atoms with E-state index in [0.717, 1.165) is 39.1 Å². The van der Waals surface area contributed by atoms with Gasteiger partial charge in [0.15, 0.2) is 0 Å². The molecular formula is C16H29N3O2. The molecule has 1 aliphatic heterocycles. The van der Waals surface area contributed by atoms with Gasteiger partial charge in [-0.1, -0.05) is 12.8 Å². The van der Waals surface area contributed by atoms with Crippen LogP contribution >= 0.6 is 0 Å². The number of carbonyl (C=O) groups excluding carboxylic acids is 1. The lowest BCUT2D eigenvalue weighted by Crippen LogP contribution is -2.55. The van der Waals surface area contributed by atoms with E-state index in [2.05, 4.69) is 10.2 Å². The molecule has 3 rings (SSSR count). The highest BCUT2D eigenvalue weighted by Gasteiger charge is 2.42. The number of nitrogens with one attached hydrogen (secondary N) is 1. The van der Waals surface area contributed by atoms with Crippen molar-refractivity contribution in [3.8, 4) is 0 Å². The third-order valence-electron chi connectivity index (χ3n) is 5.50. The van der Waals surface area contributed by atoms with Crippen molar-refractivity contribution in [3.05, 3.63) is 0 Å². The predicted molar refractivity (Wildman–Crippen MR) is 81.9 cm³/mol. The van der Waals surface area contributed by atoms with Gasteiger partial charge in [0, 0.05) is 37.6 Å². The zero-order chi connectivity index (χ0) is 14.7. The van der Waals surface area contributed by atoms with E-state index in [1.807, 2.05) is 0 Å². The SMILES string of the molecule is NCC(NC(=O)CC1(N2CCOCC2)CCCC1)C1CC1. The summed E-state index contributed by atoms with van der Waals surface area (Å²) in [5.41, 5.74) is 5.88. The lowest BCUT2D eigenvalue weighted by Gasteiger charge is -2.43. The Bertz CT molecular complexity index is 359. The first-order chi connectivity index (χ1) is 10.2. The second kappa shape index (κ2) is 6.63. The van der Waals surface area contributed by atoms with Gasteiger partial charge in [-0.05, 0) is 31.6 Å². The van der Waals surface area contributed by atoms with Crippen molar-refractivity contribution in [2.45, 2.75) is 56.5 Å². The number of hydrogen-bond acceptors (Lipinski definition) is 4. The summed E-state index contributed by atoms with van der Waals surface area (Å²) in [6, 6.07) is 0.195. The van der Waals surface area contributed by atoms with Gasteiger partial charge >= 0.3 is 0 Å². The maximum atomic E-state index is 12.5. The topological polar surface area (TPSA) is 67.6 Å². The highest BCUT2D eigenvalue weighted by molar-refractivity contribution is 5.77. The summed E-state index contributed by atoms with van der Waals surface area (Å²) in [5, 5.41) is 3.20. The van der Waals surface area contributed by atoms with Crippen molar-refractivity contribution in [1.29, 1.82) is 0 Å². The summed E-state index contributed by atoms with van der Waals surface area (Å²) in [4.78, 5) is 15.0. The molecule has 3 N–H and O–H groups in total. The smallest absolute Gasteiger partial charge is 0.222 e. The molecule has 0 bridgehead atoms. The first kappa shape index (κ1) is 15.3. The minimum atomic E-state index is 0.0799. The third kappa shape index (κ3) is 3.58. The molecule has 3 aliphatic rings. The molecule has 0 aromatic carbocycles. The Morgan fingerprint density at radius 3 is 2.52 bits per heavy atom. The fraction of sp³-hybridized carbons (Fsp3) is 0.938. The summed E-state index contributed by atoms with van der Waals surface area (Å²) >= 11 is 0. The van der Waals surface area contributed by atoms with Gasteiger partial charge in [-0.2, -0.15) is 0 Å². The van der Waals surface area contributed by atoms with E-state index in [4.69, 9.17) is 10.5 Å². The van der Waals surface area contributed by atoms with Crippen LogP contribution in [0, 0.1) is 5.92 Å². The third-order valence-corrected chi connectivity index (χ3v) is 5.50. The Labute approximate surface area is 127 Å². The maximum Gasteiger partial charge on any atom is 0.222 e. The van der Waals surface area contributed by atoms with Crippen molar-refractivity contribution < 1.29 is 9.53 Å². The molecule has 0 spiro atoms. The molecule has 3 fully saturated rings. The Morgan fingerprint density at radius 2 is 1.95 bits per heavy atom. The van der Waals surface area contributed by atoms with E-state index >= 15 is 0 Å². The molecule has 120 valence electrons. The van der Waals surface area contributed by atoms with Crippen LogP contribution in [0.4, 0.5) is 0 Å². The molecule has 2 saturated carbocycles. The molecule has 1 amide bonds. The van der Waals surface area contributed by atoms with E-state index in [0.29, 0.717) is 18.9 Å². The lowest BCUT2D eigenvalue weighted by atomic mass is 9.89. The van der Waals surface area contributed by atoms with E-state index in [1.54, 1.807) is 0 Å². The number of nitrogens with zero attached hydrogens (tertiary/aromatic N) is 1. The van der Waals surface area contributed by atoms with Gasteiger partial charge < -0.3 is 15.8 Å². The molecular weight excluding hydrogens is 266 g/mol. The highest BCUT2D eigenvalue weighted by atomic mass is 16.5. The lowest BCUT2D eigenvalue weighted by molar-refractivity contribution is -0.126. The average molecular weight is 295 g/mol. The number of amides is 1. The summed E-state index contributed by atoms with van der Waals surface area (Å²) in [5.74, 6) is 0.826. The minimum absolute atomic E-state index is 0.0799. The number of hydrogen-bond donors (Lipinski definition) is 2. The average Bonchev–Trinajstić information content (AvgIpc) is 3.25. The molecule has 0 aromatic heterocycles. The number of ether oxygens (including phenoxy) is 1. The molecule has 0 aromatic rings. The van der Waals surface area contributed by atoms with Gasteiger partial charge in [-0.3, -0.25) is 9.69 Å². The van der Waals surface area contributed by atoms with Crippen LogP contribution in [0.1, 0.15) is 44.9 Å². The minimum Gasteiger partial charge on any atom is -0.379 e. The normalized spacial score (nSPS) is 27.5. The van der Waals surface area contributed by atoms with E-state index in [-0.39, 0.29) is 17.5 Å². The van der Waals surface area contributed by atoms with Crippen molar-refractivity contribution in [3.63, 3.8) is 0 Å². The van der Waals surface area contributed by atoms with E-state index in [9.17, 15) is 4.79 Å². The van der Waals surface area contributed by atoms with Crippen LogP contribution < -0.4 is 11.1 Å². The maximum absolute atomic E-state index is 12.5. The highest BCUT2D eigenvalue weighted by Crippen LogP contribution is 2.39. The molecule has 1 atom stereocenters. The Balaban J connectivity index is 1.59. The molecule has 2 aliphatic carbocycles. The predicted octanol–water partition coefficient (Wildman–Crippen LogP) is 0.875. The summed E-state index contributed by atoms with van der Waals surface area (Å²) < 4.78 is 5.47. The number of carbonyl (C=O) groups is 1. The van der Waals surface area contributed by atoms with Gasteiger partial charge in [0.1, 0.15) is 0 Å². The van der Waals surface area contributed by atoms with Crippen molar-refractivity contribution in [1.82, 2.24) is 10.2 Å². The number of nitrogens with two attached hydrogens (primary N) is 1. The summed E-state index contributed by atoms with van der Waals surface area (Å²) in [7, 11) is 0. The fourth-order valence-electron chi connectivity index (χ4n) is 4.10. The van der Waals surface area contributed by atoms with Gasteiger partial charge in [0.05, 0.1) is 13.2 Å². The molecule has 1 unspecified atom stereocenters. The van der Waals surface area contributed by atoms with Crippen LogP contribution in [0.15, 0.2) is 0 Å². The summed E-state index contributed by atoms with van der Waals surface area (Å²) in [6.07, 6.45) is 7.86. The summed E-state index contributed by atoms with van der Waals surface area (Å²) in [6.45, 7) is 4.11. The first-order valence-electron chi connectivity index (χ1n) is 8.56. The first-order valence-corrected chi connectivity index (χ1v) is 8.56. The molecule has 0 radical (unpaired) electrons. The zero-order valence-electron chi connectivity index (χ0n) is 13.0. The monoisotopic (exact) mass is 295 g/mol. The zero-order valence-corrected chi connectivity index (χ0v) is 13.0. The second-order valence-corrected chi connectivity index (χ2v) is 6.95. The van der Waals surface area contributed by atoms with Gasteiger partial charge in [0.25, 0.3) is 0 Å². The van der Waals surface area contributed by atoms with Crippen LogP contribution in [0.2, 0.25) is 0 Å². The Morgan fingerprint density at radius 1 is 1.29 bits per heavy atom. The van der Waals surface area contributed by atoms with Crippen molar-refractivity contribution in [2.75, 3.05) is 32.8 Å². The standard InChI is InChI=1S/C16H29N3O2/c17-12-14(13-3-4-13)18-15(20)11-16(5-1-2-6-16)19-7-9-21-10-8-19/h13-14H,1-12,17H2,(H,18,20). The van der Waals surface area contributed by atoms with E-state index in [1.165, 1.54) is 25.7 Å². The van der Waals surface area contributed by atoms with Crippen LogP contribution in [-0.4, -0.2) is 55.2 Å². The Kier molecular flexibility index (Phi) is 4.82. The van der Waals surface area contributed by atoms with E-state index < -0.39 is 0 Å². The van der Waals surface area contributed by atoms with Crippen LogP contribution in [0.25, 0.3) is 0 Å². The van der Waals surface area contributed by atoms with Gasteiger partial charge in [-0.25, -0.2) is 0 Å². The van der Waals surface area contributed by atoms with Crippen molar-refractivity contribution in [2.24, 2.45) is 11.7 Å². The number of morpholine rings is 1.